The van der Waals surface area contributed by atoms with Crippen molar-refractivity contribution in [2.45, 2.75) is 45.7 Å². The van der Waals surface area contributed by atoms with Crippen LogP contribution in [-0.4, -0.2) is 26.9 Å². The van der Waals surface area contributed by atoms with Gasteiger partial charge in [-0.05, 0) is 67.9 Å². The van der Waals surface area contributed by atoms with Crippen LogP contribution in [0.4, 0.5) is 5.69 Å². The van der Waals surface area contributed by atoms with E-state index in [2.05, 4.69) is 21.8 Å². The van der Waals surface area contributed by atoms with Gasteiger partial charge in [-0.1, -0.05) is 29.6 Å². The van der Waals surface area contributed by atoms with E-state index in [1.54, 1.807) is 5.38 Å². The summed E-state index contributed by atoms with van der Waals surface area (Å²) < 4.78 is 3.82. The van der Waals surface area contributed by atoms with Crippen molar-refractivity contribution in [2.24, 2.45) is 0 Å². The van der Waals surface area contributed by atoms with Crippen LogP contribution in [-0.2, 0) is 11.2 Å². The highest BCUT2D eigenvalue weighted by atomic mass is 32.1. The van der Waals surface area contributed by atoms with E-state index in [1.165, 1.54) is 16.2 Å². The molecule has 0 saturated heterocycles. The highest BCUT2D eigenvalue weighted by molar-refractivity contribution is 7.10. The number of hydrogen-bond donors (Lipinski definition) is 1. The van der Waals surface area contributed by atoms with Crippen LogP contribution in [0.5, 0.6) is 0 Å². The zero-order chi connectivity index (χ0) is 21.0. The molecule has 2 aromatic heterocycles. The van der Waals surface area contributed by atoms with E-state index >= 15 is 0 Å². The van der Waals surface area contributed by atoms with E-state index < -0.39 is 11.6 Å². The van der Waals surface area contributed by atoms with Gasteiger partial charge in [0.1, 0.15) is 0 Å². The Morgan fingerprint density at radius 1 is 1.17 bits per heavy atom. The Kier molecular flexibility index (Phi) is 6.44. The normalized spacial score (nSPS) is 12.4. The summed E-state index contributed by atoms with van der Waals surface area (Å²) in [5.74, 6) is -0.596. The third-order valence-electron chi connectivity index (χ3n) is 4.24. The fourth-order valence-corrected chi connectivity index (χ4v) is 4.16. The van der Waals surface area contributed by atoms with Gasteiger partial charge in [0.25, 0.3) is 5.91 Å². The summed E-state index contributed by atoms with van der Waals surface area (Å²) in [6.45, 7) is 7.83. The van der Waals surface area contributed by atoms with Gasteiger partial charge in [0.15, 0.2) is 11.7 Å². The first-order chi connectivity index (χ1) is 13.8. The number of carbonyl (C=O) groups is 2. The third-order valence-corrected chi connectivity index (χ3v) is 5.67. The maximum Gasteiger partial charge on any atom is 0.280 e. The molecule has 0 saturated carbocycles. The molecular weight excluding hydrogens is 404 g/mol. The second-order valence-corrected chi connectivity index (χ2v) is 9.23. The molecule has 8 heteroatoms. The average molecular weight is 429 g/mol. The molecule has 29 heavy (non-hydrogen) atoms. The van der Waals surface area contributed by atoms with Crippen LogP contribution in [0.2, 0.25) is 0 Å². The Balaban J connectivity index is 2.11. The van der Waals surface area contributed by atoms with Gasteiger partial charge in [0.05, 0.1) is 0 Å². The first-order valence-corrected chi connectivity index (χ1v) is 11.1. The lowest BCUT2D eigenvalue weighted by Gasteiger charge is -2.32. The number of thiophene rings is 1. The molecule has 0 bridgehead atoms. The molecule has 1 atom stereocenters. The lowest BCUT2D eigenvalue weighted by Crippen LogP contribution is -2.49. The van der Waals surface area contributed by atoms with E-state index in [0.717, 1.165) is 28.4 Å². The Morgan fingerprint density at radius 2 is 1.90 bits per heavy atom. The fraction of sp³-hybridized carbons (Fsp3) is 0.333. The number of rotatable bonds is 6. The van der Waals surface area contributed by atoms with Crippen LogP contribution in [0.1, 0.15) is 54.7 Å². The Labute approximate surface area is 178 Å². The summed E-state index contributed by atoms with van der Waals surface area (Å²) >= 11 is 2.55. The maximum atomic E-state index is 13.4. The summed E-state index contributed by atoms with van der Waals surface area (Å²) in [6.07, 6.45) is 0.892. The third kappa shape index (κ3) is 5.07. The van der Waals surface area contributed by atoms with Gasteiger partial charge in [0, 0.05) is 21.5 Å². The zero-order valence-corrected chi connectivity index (χ0v) is 18.5. The molecule has 0 aliphatic carbocycles. The van der Waals surface area contributed by atoms with Crippen molar-refractivity contribution in [1.82, 2.24) is 14.9 Å². The summed E-state index contributed by atoms with van der Waals surface area (Å²) in [5.41, 5.74) is 1.58. The number of nitrogens with one attached hydrogen (secondary N) is 1. The smallest absolute Gasteiger partial charge is 0.280 e. The topological polar surface area (TPSA) is 75.2 Å². The predicted molar refractivity (Wildman–Crippen MR) is 117 cm³/mol. The molecule has 0 radical (unpaired) electrons. The molecule has 6 nitrogen and oxygen atoms in total. The minimum Gasteiger partial charge on any atom is -0.349 e. The van der Waals surface area contributed by atoms with Crippen molar-refractivity contribution in [1.29, 1.82) is 0 Å². The molecular formula is C21H24N4O2S2. The zero-order valence-electron chi connectivity index (χ0n) is 16.9. The monoisotopic (exact) mass is 428 g/mol. The van der Waals surface area contributed by atoms with Crippen molar-refractivity contribution >= 4 is 40.4 Å². The molecule has 0 spiro atoms. The predicted octanol–water partition coefficient (Wildman–Crippen LogP) is 4.46. The molecule has 1 aromatic carbocycles. The van der Waals surface area contributed by atoms with Gasteiger partial charge >= 0.3 is 0 Å². The van der Waals surface area contributed by atoms with Gasteiger partial charge < -0.3 is 5.32 Å². The van der Waals surface area contributed by atoms with Crippen LogP contribution in [0.25, 0.3) is 0 Å². The van der Waals surface area contributed by atoms with Crippen molar-refractivity contribution in [3.8, 4) is 0 Å². The quantitative estimate of drug-likeness (QED) is 0.629. The van der Waals surface area contributed by atoms with Crippen LogP contribution >= 0.6 is 22.9 Å². The van der Waals surface area contributed by atoms with Gasteiger partial charge in [0.2, 0.25) is 5.91 Å². The Bertz CT molecular complexity index is 946. The molecule has 0 aliphatic heterocycles. The number of amides is 2. The SMILES string of the molecule is CCc1ccc(N(C(=O)c2csnn2)C(C(=O)NC(C)(C)C)c2cccs2)cc1. The molecule has 3 rings (SSSR count). The largest absolute Gasteiger partial charge is 0.349 e. The highest BCUT2D eigenvalue weighted by Gasteiger charge is 2.36. The number of hydrogen-bond acceptors (Lipinski definition) is 6. The van der Waals surface area contributed by atoms with E-state index in [-0.39, 0.29) is 17.5 Å². The van der Waals surface area contributed by atoms with Gasteiger partial charge in [-0.3, -0.25) is 14.5 Å². The molecule has 152 valence electrons. The van der Waals surface area contributed by atoms with Crippen molar-refractivity contribution in [2.75, 3.05) is 4.90 Å². The molecule has 2 heterocycles. The molecule has 3 aromatic rings. The van der Waals surface area contributed by atoms with Gasteiger partial charge in [-0.25, -0.2) is 0 Å². The molecule has 1 N–H and O–H groups in total. The minimum atomic E-state index is -0.809. The minimum absolute atomic E-state index is 0.222. The second-order valence-electron chi connectivity index (χ2n) is 7.64. The standard InChI is InChI=1S/C21H24N4O2S2/c1-5-14-8-10-15(11-9-14)25(20(27)16-13-29-24-23-16)18(17-7-6-12-28-17)19(26)22-21(2,3)4/h6-13,18H,5H2,1-4H3,(H,22,26). The second kappa shape index (κ2) is 8.84. The average Bonchev–Trinajstić information content (AvgIpc) is 3.38. The number of anilines is 1. The fourth-order valence-electron chi connectivity index (χ4n) is 2.92. The Morgan fingerprint density at radius 3 is 2.41 bits per heavy atom. The summed E-state index contributed by atoms with van der Waals surface area (Å²) in [6, 6.07) is 10.6. The number of carbonyl (C=O) groups excluding carboxylic acids is 2. The van der Waals surface area contributed by atoms with Crippen LogP contribution in [0.15, 0.2) is 47.2 Å². The van der Waals surface area contributed by atoms with E-state index in [0.29, 0.717) is 5.69 Å². The van der Waals surface area contributed by atoms with Crippen LogP contribution < -0.4 is 10.2 Å². The summed E-state index contributed by atoms with van der Waals surface area (Å²) in [4.78, 5) is 29.1. The molecule has 1 unspecified atom stereocenters. The van der Waals surface area contributed by atoms with Crippen molar-refractivity contribution in [3.63, 3.8) is 0 Å². The van der Waals surface area contributed by atoms with Crippen molar-refractivity contribution in [3.05, 3.63) is 63.3 Å². The van der Waals surface area contributed by atoms with Crippen LogP contribution in [0.3, 0.4) is 0 Å². The lowest BCUT2D eigenvalue weighted by atomic mass is 10.1. The number of aryl methyl sites for hydroxylation is 1. The first-order valence-electron chi connectivity index (χ1n) is 9.35. The number of benzene rings is 1. The molecule has 0 fully saturated rings. The lowest BCUT2D eigenvalue weighted by molar-refractivity contribution is -0.123. The van der Waals surface area contributed by atoms with E-state index in [1.807, 2.05) is 62.5 Å². The number of aromatic nitrogens is 2. The number of nitrogens with zero attached hydrogens (tertiary/aromatic N) is 3. The highest BCUT2D eigenvalue weighted by Crippen LogP contribution is 2.32. The van der Waals surface area contributed by atoms with Gasteiger partial charge in [-0.2, -0.15) is 0 Å². The molecule has 2 amide bonds. The summed E-state index contributed by atoms with van der Waals surface area (Å²) in [5, 5.41) is 10.5. The van der Waals surface area contributed by atoms with Gasteiger partial charge in [-0.15, -0.1) is 16.4 Å². The molecule has 0 aliphatic rings. The summed E-state index contributed by atoms with van der Waals surface area (Å²) in [7, 11) is 0. The Hall–Kier alpha value is -2.58. The van der Waals surface area contributed by atoms with E-state index in [4.69, 9.17) is 0 Å². The van der Waals surface area contributed by atoms with E-state index in [9.17, 15) is 9.59 Å². The van der Waals surface area contributed by atoms with Crippen LogP contribution in [0, 0.1) is 0 Å². The maximum absolute atomic E-state index is 13.4. The first kappa shape index (κ1) is 21.1. The van der Waals surface area contributed by atoms with Crippen molar-refractivity contribution < 1.29 is 9.59 Å².